The highest BCUT2D eigenvalue weighted by Crippen LogP contribution is 2.44. The first-order valence-corrected chi connectivity index (χ1v) is 12.9. The Kier molecular flexibility index (Phi) is 4.64. The van der Waals surface area contributed by atoms with Gasteiger partial charge in [-0.1, -0.05) is 78.9 Å². The van der Waals surface area contributed by atoms with Crippen LogP contribution in [0.2, 0.25) is 0 Å². The van der Waals surface area contributed by atoms with E-state index >= 15 is 0 Å². The Morgan fingerprint density at radius 1 is 0.513 bits per heavy atom. The molecule has 8 rings (SSSR count). The fraction of sp³-hybridized carbons (Fsp3) is 0. The highest BCUT2D eigenvalue weighted by Gasteiger charge is 2.19. The Bertz CT molecular complexity index is 2170. The summed E-state index contributed by atoms with van der Waals surface area (Å²) in [6.07, 6.45) is 0. The first-order valence-electron chi connectivity index (χ1n) is 12.9. The van der Waals surface area contributed by atoms with Crippen molar-refractivity contribution < 1.29 is 13.9 Å². The van der Waals surface area contributed by atoms with Gasteiger partial charge in [0.15, 0.2) is 5.58 Å². The van der Waals surface area contributed by atoms with E-state index in [4.69, 9.17) is 8.83 Å². The molecule has 0 saturated heterocycles. The third-order valence-electron chi connectivity index (χ3n) is 7.39. The van der Waals surface area contributed by atoms with Crippen LogP contribution in [0, 0.1) is 0 Å². The average molecular weight is 504 g/mol. The number of hydrogen-bond donors (Lipinski definition) is 1. The van der Waals surface area contributed by atoms with Gasteiger partial charge in [-0.15, -0.1) is 0 Å². The van der Waals surface area contributed by atoms with Crippen molar-refractivity contribution >= 4 is 43.8 Å². The molecule has 0 radical (unpaired) electrons. The number of fused-ring (bicyclic) bond motifs is 6. The Morgan fingerprint density at radius 3 is 2.00 bits per heavy atom. The highest BCUT2D eigenvalue weighted by atomic mass is 16.3. The van der Waals surface area contributed by atoms with Crippen LogP contribution in [0.4, 0.5) is 0 Å². The number of rotatable bonds is 3. The minimum Gasteiger partial charge on any atom is -0.507 e. The van der Waals surface area contributed by atoms with E-state index in [2.05, 4.69) is 35.3 Å². The Morgan fingerprint density at radius 2 is 1.21 bits per heavy atom. The summed E-state index contributed by atoms with van der Waals surface area (Å²) in [5.41, 5.74) is 7.78. The number of oxazole rings is 1. The van der Waals surface area contributed by atoms with Crippen LogP contribution in [0.3, 0.4) is 0 Å². The molecule has 2 heterocycles. The van der Waals surface area contributed by atoms with E-state index in [0.717, 1.165) is 55.1 Å². The maximum absolute atomic E-state index is 11.3. The smallest absolute Gasteiger partial charge is 0.227 e. The van der Waals surface area contributed by atoms with Crippen LogP contribution in [0.15, 0.2) is 130 Å². The largest absolute Gasteiger partial charge is 0.507 e. The summed E-state index contributed by atoms with van der Waals surface area (Å²) in [5, 5.41) is 15.0. The predicted molar refractivity (Wildman–Crippen MR) is 157 cm³/mol. The fourth-order valence-corrected chi connectivity index (χ4v) is 5.54. The van der Waals surface area contributed by atoms with Crippen LogP contribution in [0.1, 0.15) is 0 Å². The van der Waals surface area contributed by atoms with Gasteiger partial charge < -0.3 is 13.9 Å². The number of furan rings is 1. The summed E-state index contributed by atoms with van der Waals surface area (Å²) in [5.74, 6) is 0.762. The van der Waals surface area contributed by atoms with Gasteiger partial charge in [0.2, 0.25) is 5.89 Å². The molecule has 2 aromatic heterocycles. The van der Waals surface area contributed by atoms with Gasteiger partial charge in [-0.3, -0.25) is 0 Å². The van der Waals surface area contributed by atoms with E-state index < -0.39 is 0 Å². The summed E-state index contributed by atoms with van der Waals surface area (Å²) in [6.45, 7) is 0. The molecule has 0 bridgehead atoms. The number of aromatic hydroxyl groups is 1. The normalized spacial score (nSPS) is 11.7. The van der Waals surface area contributed by atoms with Crippen LogP contribution < -0.4 is 0 Å². The molecule has 6 aromatic carbocycles. The van der Waals surface area contributed by atoms with E-state index in [-0.39, 0.29) is 5.75 Å². The molecule has 0 aliphatic heterocycles. The zero-order valence-corrected chi connectivity index (χ0v) is 20.8. The van der Waals surface area contributed by atoms with Crippen molar-refractivity contribution in [1.82, 2.24) is 4.98 Å². The predicted octanol–water partition coefficient (Wildman–Crippen LogP) is 9.59. The monoisotopic (exact) mass is 503 g/mol. The van der Waals surface area contributed by atoms with E-state index in [1.165, 1.54) is 0 Å². The van der Waals surface area contributed by atoms with E-state index in [9.17, 15) is 5.11 Å². The zero-order chi connectivity index (χ0) is 25.9. The standard InChI is InChI=1S/C35H21NO3/c37-30-17-24(23-15-16-29-31(18-23)39-35(36-29)22-11-5-2-6-12-22)19-32-33(30)28-20-27(21-9-3-1-4-10-21)25-13-7-8-14-26(25)34(28)38-32/h1-20,37H. The molecule has 0 aliphatic rings. The Hall–Kier alpha value is -5.35. The van der Waals surface area contributed by atoms with Crippen LogP contribution >= 0.6 is 0 Å². The van der Waals surface area contributed by atoms with Gasteiger partial charge >= 0.3 is 0 Å². The second-order valence-electron chi connectivity index (χ2n) is 9.75. The molecule has 184 valence electrons. The minimum atomic E-state index is 0.179. The zero-order valence-electron chi connectivity index (χ0n) is 20.8. The van der Waals surface area contributed by atoms with Gasteiger partial charge in [0.25, 0.3) is 0 Å². The molecule has 0 spiro atoms. The topological polar surface area (TPSA) is 59.4 Å². The number of nitrogens with zero attached hydrogens (tertiary/aromatic N) is 1. The quantitative estimate of drug-likeness (QED) is 0.261. The van der Waals surface area contributed by atoms with Crippen LogP contribution in [-0.4, -0.2) is 10.1 Å². The van der Waals surface area contributed by atoms with Gasteiger partial charge in [0.1, 0.15) is 22.4 Å². The van der Waals surface area contributed by atoms with Crippen LogP contribution in [0.5, 0.6) is 5.75 Å². The molecule has 0 saturated carbocycles. The number of aromatic nitrogens is 1. The van der Waals surface area contributed by atoms with Gasteiger partial charge in [-0.2, -0.15) is 0 Å². The summed E-state index contributed by atoms with van der Waals surface area (Å²) >= 11 is 0. The molecule has 1 N–H and O–H groups in total. The maximum Gasteiger partial charge on any atom is 0.227 e. The Labute approximate surface area is 223 Å². The summed E-state index contributed by atoms with van der Waals surface area (Å²) in [7, 11) is 0. The molecule has 4 heteroatoms. The lowest BCUT2D eigenvalue weighted by atomic mass is 9.95. The molecule has 0 atom stereocenters. The van der Waals surface area contributed by atoms with Crippen molar-refractivity contribution in [3.63, 3.8) is 0 Å². The van der Waals surface area contributed by atoms with Gasteiger partial charge in [-0.05, 0) is 70.1 Å². The molecule has 0 fully saturated rings. The van der Waals surface area contributed by atoms with Gasteiger partial charge in [0, 0.05) is 16.3 Å². The second kappa shape index (κ2) is 8.33. The van der Waals surface area contributed by atoms with Gasteiger partial charge in [0.05, 0.1) is 5.39 Å². The number of phenolic OH excluding ortho intramolecular Hbond substituents is 1. The molecular weight excluding hydrogens is 482 g/mol. The van der Waals surface area contributed by atoms with Crippen molar-refractivity contribution in [3.8, 4) is 39.5 Å². The molecule has 8 aromatic rings. The molecule has 0 unspecified atom stereocenters. The number of phenols is 1. The molecular formula is C35H21NO3. The average Bonchev–Trinajstić information content (AvgIpc) is 3.59. The third kappa shape index (κ3) is 3.42. The SMILES string of the molecule is Oc1cc(-c2ccc3nc(-c4ccccc4)oc3c2)cc2oc3c4ccccc4c(-c4ccccc4)cc3c12. The Balaban J connectivity index is 1.32. The lowest BCUT2D eigenvalue weighted by Gasteiger charge is -2.08. The van der Waals surface area contributed by atoms with E-state index in [1.54, 1.807) is 6.07 Å². The third-order valence-corrected chi connectivity index (χ3v) is 7.39. The van der Waals surface area contributed by atoms with Crippen molar-refractivity contribution in [2.45, 2.75) is 0 Å². The number of hydrogen-bond acceptors (Lipinski definition) is 4. The highest BCUT2D eigenvalue weighted by molar-refractivity contribution is 6.20. The van der Waals surface area contributed by atoms with Crippen molar-refractivity contribution in [2.24, 2.45) is 0 Å². The van der Waals surface area contributed by atoms with Gasteiger partial charge in [-0.25, -0.2) is 4.98 Å². The number of benzene rings is 6. The van der Waals surface area contributed by atoms with Crippen LogP contribution in [0.25, 0.3) is 77.5 Å². The lowest BCUT2D eigenvalue weighted by molar-refractivity contribution is 0.482. The minimum absolute atomic E-state index is 0.179. The van der Waals surface area contributed by atoms with Crippen LogP contribution in [-0.2, 0) is 0 Å². The fourth-order valence-electron chi connectivity index (χ4n) is 5.54. The van der Waals surface area contributed by atoms with Crippen molar-refractivity contribution in [3.05, 3.63) is 121 Å². The molecule has 0 amide bonds. The first-order chi connectivity index (χ1) is 19.2. The summed E-state index contributed by atoms with van der Waals surface area (Å²) in [6, 6.07) is 40.2. The second-order valence-corrected chi connectivity index (χ2v) is 9.75. The van der Waals surface area contributed by atoms with E-state index in [0.29, 0.717) is 22.4 Å². The maximum atomic E-state index is 11.3. The lowest BCUT2D eigenvalue weighted by Crippen LogP contribution is -1.83. The summed E-state index contributed by atoms with van der Waals surface area (Å²) < 4.78 is 12.5. The van der Waals surface area contributed by atoms with Crippen molar-refractivity contribution in [2.75, 3.05) is 0 Å². The van der Waals surface area contributed by atoms with Crippen molar-refractivity contribution in [1.29, 1.82) is 0 Å². The molecule has 0 aliphatic carbocycles. The molecule has 4 nitrogen and oxygen atoms in total. The first kappa shape index (κ1) is 21.7. The summed E-state index contributed by atoms with van der Waals surface area (Å²) in [4.78, 5) is 4.64. The van der Waals surface area contributed by atoms with E-state index in [1.807, 2.05) is 84.9 Å². The molecule has 39 heavy (non-hydrogen) atoms.